The first-order chi connectivity index (χ1) is 9.51. The standard InChI is InChI=1S/C16H16F2O2/c1-10-3-4-11(9-16(10)20-2)15(19)8-12-7-13(17)5-6-14(12)18/h3-7,9,15,19H,8H2,1-2H3. The molecule has 2 rings (SSSR count). The summed E-state index contributed by atoms with van der Waals surface area (Å²) in [5.41, 5.74) is 1.70. The number of hydrogen-bond donors (Lipinski definition) is 1. The molecule has 0 fully saturated rings. The maximum atomic E-state index is 13.6. The molecule has 0 spiro atoms. The van der Waals surface area contributed by atoms with Gasteiger partial charge in [0.05, 0.1) is 13.2 Å². The summed E-state index contributed by atoms with van der Waals surface area (Å²) in [6, 6.07) is 8.49. The van der Waals surface area contributed by atoms with Gasteiger partial charge in [0.2, 0.25) is 0 Å². The van der Waals surface area contributed by atoms with Crippen molar-refractivity contribution in [2.24, 2.45) is 0 Å². The summed E-state index contributed by atoms with van der Waals surface area (Å²) in [5.74, 6) is -0.388. The molecule has 0 saturated heterocycles. The van der Waals surface area contributed by atoms with Crippen LogP contribution in [0.5, 0.6) is 5.75 Å². The summed E-state index contributed by atoms with van der Waals surface area (Å²) < 4.78 is 31.8. The summed E-state index contributed by atoms with van der Waals surface area (Å²) in [6.45, 7) is 1.89. The maximum Gasteiger partial charge on any atom is 0.126 e. The number of aliphatic hydroxyl groups excluding tert-OH is 1. The van der Waals surface area contributed by atoms with Crippen LogP contribution in [0.4, 0.5) is 8.78 Å². The molecule has 0 radical (unpaired) electrons. The third-order valence-corrected chi connectivity index (χ3v) is 3.24. The van der Waals surface area contributed by atoms with Gasteiger partial charge in [0.15, 0.2) is 0 Å². The third-order valence-electron chi connectivity index (χ3n) is 3.24. The lowest BCUT2D eigenvalue weighted by molar-refractivity contribution is 0.176. The lowest BCUT2D eigenvalue weighted by Crippen LogP contribution is -2.04. The Morgan fingerprint density at radius 1 is 1.15 bits per heavy atom. The van der Waals surface area contributed by atoms with E-state index < -0.39 is 17.7 Å². The van der Waals surface area contributed by atoms with Gasteiger partial charge in [-0.25, -0.2) is 8.78 Å². The smallest absolute Gasteiger partial charge is 0.126 e. The number of ether oxygens (including phenoxy) is 1. The summed E-state index contributed by atoms with van der Waals surface area (Å²) >= 11 is 0. The fraction of sp³-hybridized carbons (Fsp3) is 0.250. The SMILES string of the molecule is COc1cc(C(O)Cc2cc(F)ccc2F)ccc1C. The van der Waals surface area contributed by atoms with Gasteiger partial charge in [0, 0.05) is 6.42 Å². The molecule has 0 heterocycles. The highest BCUT2D eigenvalue weighted by Gasteiger charge is 2.14. The molecule has 0 bridgehead atoms. The summed E-state index contributed by atoms with van der Waals surface area (Å²) in [7, 11) is 1.55. The Bertz CT molecular complexity index is 611. The molecule has 0 aliphatic carbocycles. The van der Waals surface area contributed by atoms with Crippen LogP contribution < -0.4 is 4.74 Å². The van der Waals surface area contributed by atoms with Crippen molar-refractivity contribution in [2.45, 2.75) is 19.4 Å². The van der Waals surface area contributed by atoms with E-state index in [1.165, 1.54) is 0 Å². The normalized spacial score (nSPS) is 12.2. The third kappa shape index (κ3) is 3.14. The molecule has 20 heavy (non-hydrogen) atoms. The van der Waals surface area contributed by atoms with Crippen LogP contribution >= 0.6 is 0 Å². The van der Waals surface area contributed by atoms with Crippen molar-refractivity contribution in [3.8, 4) is 5.75 Å². The van der Waals surface area contributed by atoms with Crippen molar-refractivity contribution in [2.75, 3.05) is 7.11 Å². The van der Waals surface area contributed by atoms with Crippen molar-refractivity contribution in [3.05, 3.63) is 64.7 Å². The Kier molecular flexibility index (Phi) is 4.35. The number of aryl methyl sites for hydroxylation is 1. The van der Waals surface area contributed by atoms with Crippen molar-refractivity contribution >= 4 is 0 Å². The number of halogens is 2. The minimum absolute atomic E-state index is 0.00973. The van der Waals surface area contributed by atoms with Crippen LogP contribution in [0.1, 0.15) is 22.8 Å². The Balaban J connectivity index is 2.23. The predicted molar refractivity (Wildman–Crippen MR) is 72.8 cm³/mol. The Morgan fingerprint density at radius 3 is 2.60 bits per heavy atom. The second kappa shape index (κ2) is 6.01. The Morgan fingerprint density at radius 2 is 1.90 bits per heavy atom. The van der Waals surface area contributed by atoms with Gasteiger partial charge in [0.1, 0.15) is 17.4 Å². The maximum absolute atomic E-state index is 13.6. The molecule has 0 aromatic heterocycles. The topological polar surface area (TPSA) is 29.5 Å². The second-order valence-electron chi connectivity index (χ2n) is 4.68. The van der Waals surface area contributed by atoms with Crippen LogP contribution in [-0.2, 0) is 6.42 Å². The second-order valence-corrected chi connectivity index (χ2v) is 4.68. The average molecular weight is 278 g/mol. The lowest BCUT2D eigenvalue weighted by Gasteiger charge is -2.14. The molecule has 0 saturated carbocycles. The van der Waals surface area contributed by atoms with Crippen molar-refractivity contribution < 1.29 is 18.6 Å². The highest BCUT2D eigenvalue weighted by Crippen LogP contribution is 2.26. The lowest BCUT2D eigenvalue weighted by atomic mass is 9.99. The molecular formula is C16H16F2O2. The number of hydrogen-bond acceptors (Lipinski definition) is 2. The molecule has 1 N–H and O–H groups in total. The zero-order valence-corrected chi connectivity index (χ0v) is 11.4. The molecule has 2 aromatic carbocycles. The molecular weight excluding hydrogens is 262 g/mol. The first-order valence-corrected chi connectivity index (χ1v) is 6.28. The highest BCUT2D eigenvalue weighted by molar-refractivity contribution is 5.38. The van der Waals surface area contributed by atoms with Gasteiger partial charge in [-0.15, -0.1) is 0 Å². The predicted octanol–water partition coefficient (Wildman–Crippen LogP) is 3.56. The minimum Gasteiger partial charge on any atom is -0.496 e. The van der Waals surface area contributed by atoms with Crippen molar-refractivity contribution in [1.82, 2.24) is 0 Å². The molecule has 2 nitrogen and oxygen atoms in total. The molecule has 0 amide bonds. The van der Waals surface area contributed by atoms with Crippen LogP contribution in [0, 0.1) is 18.6 Å². The van der Waals surface area contributed by atoms with Crippen molar-refractivity contribution in [1.29, 1.82) is 0 Å². The van der Waals surface area contributed by atoms with E-state index in [0.29, 0.717) is 11.3 Å². The van der Waals surface area contributed by atoms with Crippen LogP contribution in [0.3, 0.4) is 0 Å². The first-order valence-electron chi connectivity index (χ1n) is 6.28. The van der Waals surface area contributed by atoms with E-state index in [-0.39, 0.29) is 12.0 Å². The van der Waals surface area contributed by atoms with E-state index in [1.54, 1.807) is 19.2 Å². The molecule has 106 valence electrons. The average Bonchev–Trinajstić information content (AvgIpc) is 2.43. The molecule has 1 unspecified atom stereocenters. The largest absolute Gasteiger partial charge is 0.496 e. The molecule has 0 aliphatic heterocycles. The monoisotopic (exact) mass is 278 g/mol. The summed E-state index contributed by atoms with van der Waals surface area (Å²) in [6.07, 6.45) is -0.906. The van der Waals surface area contributed by atoms with E-state index in [0.717, 1.165) is 23.8 Å². The number of benzene rings is 2. The van der Waals surface area contributed by atoms with Gasteiger partial charge in [-0.3, -0.25) is 0 Å². The van der Waals surface area contributed by atoms with Crippen LogP contribution in [-0.4, -0.2) is 12.2 Å². The zero-order chi connectivity index (χ0) is 14.7. The van der Waals surface area contributed by atoms with Gasteiger partial charge in [-0.1, -0.05) is 12.1 Å². The van der Waals surface area contributed by atoms with E-state index in [2.05, 4.69) is 0 Å². The summed E-state index contributed by atoms with van der Waals surface area (Å²) in [5, 5.41) is 10.2. The van der Waals surface area contributed by atoms with Gasteiger partial charge < -0.3 is 9.84 Å². The molecule has 1 atom stereocenters. The highest BCUT2D eigenvalue weighted by atomic mass is 19.1. The Hall–Kier alpha value is -1.94. The number of aliphatic hydroxyl groups is 1. The van der Waals surface area contributed by atoms with Gasteiger partial charge in [0.25, 0.3) is 0 Å². The summed E-state index contributed by atoms with van der Waals surface area (Å²) in [4.78, 5) is 0. The van der Waals surface area contributed by atoms with Gasteiger partial charge in [-0.2, -0.15) is 0 Å². The molecule has 0 aliphatic rings. The first kappa shape index (κ1) is 14.5. The minimum atomic E-state index is -0.916. The van der Waals surface area contributed by atoms with Crippen molar-refractivity contribution in [3.63, 3.8) is 0 Å². The van der Waals surface area contributed by atoms with E-state index in [9.17, 15) is 13.9 Å². The van der Waals surface area contributed by atoms with Crippen LogP contribution in [0.2, 0.25) is 0 Å². The quantitative estimate of drug-likeness (QED) is 0.926. The van der Waals surface area contributed by atoms with Crippen LogP contribution in [0.15, 0.2) is 36.4 Å². The fourth-order valence-electron chi connectivity index (χ4n) is 2.07. The van der Waals surface area contributed by atoms with E-state index in [1.807, 2.05) is 13.0 Å². The molecule has 2 aromatic rings. The van der Waals surface area contributed by atoms with Crippen LogP contribution in [0.25, 0.3) is 0 Å². The molecule has 4 heteroatoms. The van der Waals surface area contributed by atoms with Gasteiger partial charge in [-0.05, 0) is 47.9 Å². The zero-order valence-electron chi connectivity index (χ0n) is 11.4. The Labute approximate surface area is 116 Å². The van der Waals surface area contributed by atoms with E-state index >= 15 is 0 Å². The number of rotatable bonds is 4. The fourth-order valence-corrected chi connectivity index (χ4v) is 2.07. The van der Waals surface area contributed by atoms with E-state index in [4.69, 9.17) is 4.74 Å². The van der Waals surface area contributed by atoms with Gasteiger partial charge >= 0.3 is 0 Å². The number of methoxy groups -OCH3 is 1.